The zero-order chi connectivity index (χ0) is 12.1. The zero-order valence-corrected chi connectivity index (χ0v) is 11.1. The van der Waals surface area contributed by atoms with E-state index in [1.807, 2.05) is 6.92 Å². The minimum Gasteiger partial charge on any atom is -0.249 e. The zero-order valence-electron chi connectivity index (χ0n) is 8.73. The topological polar surface area (TPSA) is 26.3 Å². The fourth-order valence-electron chi connectivity index (χ4n) is 1.55. The first-order valence-corrected chi connectivity index (χ1v) is 6.34. The maximum Gasteiger partial charge on any atom is 0.379 e. The summed E-state index contributed by atoms with van der Waals surface area (Å²) in [6, 6.07) is 3.05. The van der Waals surface area contributed by atoms with Crippen molar-refractivity contribution in [2.24, 2.45) is 0 Å². The van der Waals surface area contributed by atoms with Crippen LogP contribution >= 0.6 is 27.5 Å². The number of benzene rings is 1. The van der Waals surface area contributed by atoms with E-state index < -0.39 is 5.97 Å². The number of hydrogen-bond donors (Lipinski definition) is 0. The van der Waals surface area contributed by atoms with Crippen LogP contribution in [-0.4, -0.2) is 11.3 Å². The monoisotopic (exact) mass is 308 g/mol. The van der Waals surface area contributed by atoms with Gasteiger partial charge in [0.1, 0.15) is 0 Å². The van der Waals surface area contributed by atoms with E-state index in [-0.39, 0.29) is 5.56 Å². The largest absolute Gasteiger partial charge is 0.379 e. The normalized spacial score (nSPS) is 10.2. The Bertz CT molecular complexity index is 396. The lowest BCUT2D eigenvalue weighted by Crippen LogP contribution is -2.03. The molecule has 1 aromatic carbocycles. The summed E-state index contributed by atoms with van der Waals surface area (Å²) < 4.78 is 11.8. The molecule has 0 fully saturated rings. The number of alkyl halides is 1. The molecular weight excluding hydrogens is 298 g/mol. The van der Waals surface area contributed by atoms with Crippen molar-refractivity contribution in [1.29, 1.82) is 0 Å². The van der Waals surface area contributed by atoms with Crippen molar-refractivity contribution in [3.8, 4) is 0 Å². The first-order valence-electron chi connectivity index (χ1n) is 4.84. The number of rotatable bonds is 4. The van der Waals surface area contributed by atoms with E-state index >= 15 is 0 Å². The molecule has 0 heterocycles. The summed E-state index contributed by atoms with van der Waals surface area (Å²) >= 11 is 9.38. The fourth-order valence-corrected chi connectivity index (χ4v) is 2.28. The molecule has 0 aliphatic heterocycles. The maximum atomic E-state index is 11.8. The van der Waals surface area contributed by atoms with E-state index in [0.29, 0.717) is 5.02 Å². The first kappa shape index (κ1) is 13.5. The molecule has 0 aliphatic carbocycles. The van der Waals surface area contributed by atoms with Crippen LogP contribution < -0.4 is 0 Å². The molecule has 0 spiro atoms. The van der Waals surface area contributed by atoms with Gasteiger partial charge in [-0.2, -0.15) is 0 Å². The second-order valence-electron chi connectivity index (χ2n) is 3.25. The Hall–Kier alpha value is -0.610. The fraction of sp³-hybridized carbons (Fsp3) is 0.364. The van der Waals surface area contributed by atoms with Gasteiger partial charge in [0.15, 0.2) is 0 Å². The minimum absolute atomic E-state index is 0.141. The van der Waals surface area contributed by atoms with Crippen LogP contribution in [0.1, 0.15) is 28.4 Å². The van der Waals surface area contributed by atoms with E-state index in [2.05, 4.69) is 20.9 Å². The molecule has 1 rings (SSSR count). The predicted octanol–water partition coefficient (Wildman–Crippen LogP) is 3.88. The van der Waals surface area contributed by atoms with Gasteiger partial charge in [-0.05, 0) is 36.1 Å². The van der Waals surface area contributed by atoms with Crippen molar-refractivity contribution >= 4 is 33.5 Å². The minimum atomic E-state index is -1.01. The summed E-state index contributed by atoms with van der Waals surface area (Å²) in [5.41, 5.74) is 2.06. The molecule has 0 amide bonds. The van der Waals surface area contributed by atoms with Crippen LogP contribution in [-0.2, 0) is 17.8 Å². The van der Waals surface area contributed by atoms with Gasteiger partial charge >= 0.3 is 5.97 Å². The number of halogens is 3. The Morgan fingerprint density at radius 1 is 1.56 bits per heavy atom. The van der Waals surface area contributed by atoms with Crippen LogP contribution in [0.4, 0.5) is 4.53 Å². The molecule has 0 radical (unpaired) electrons. The molecule has 0 unspecified atom stereocenters. The Labute approximate surface area is 107 Å². The summed E-state index contributed by atoms with van der Waals surface area (Å²) in [5.74, 6) is -1.01. The lowest BCUT2D eigenvalue weighted by Gasteiger charge is -2.10. The number of aryl methyl sites for hydroxylation is 1. The lowest BCUT2D eigenvalue weighted by atomic mass is 10.00. The van der Waals surface area contributed by atoms with Gasteiger partial charge in [-0.1, -0.05) is 34.5 Å². The van der Waals surface area contributed by atoms with Crippen molar-refractivity contribution in [3.63, 3.8) is 0 Å². The second-order valence-corrected chi connectivity index (χ2v) is 4.45. The molecule has 0 aromatic heterocycles. The van der Waals surface area contributed by atoms with Crippen molar-refractivity contribution < 1.29 is 14.3 Å². The Kier molecular flexibility index (Phi) is 5.22. The van der Waals surface area contributed by atoms with E-state index in [9.17, 15) is 9.32 Å². The van der Waals surface area contributed by atoms with E-state index in [1.165, 1.54) is 6.07 Å². The average molecular weight is 310 g/mol. The van der Waals surface area contributed by atoms with Crippen LogP contribution in [0.2, 0.25) is 5.02 Å². The highest BCUT2D eigenvalue weighted by Crippen LogP contribution is 2.25. The van der Waals surface area contributed by atoms with Crippen molar-refractivity contribution in [2.45, 2.75) is 19.8 Å². The van der Waals surface area contributed by atoms with Crippen LogP contribution in [0.25, 0.3) is 0 Å². The Morgan fingerprint density at radius 2 is 2.25 bits per heavy atom. The average Bonchev–Trinajstić information content (AvgIpc) is 2.30. The van der Waals surface area contributed by atoms with E-state index in [1.54, 1.807) is 6.07 Å². The van der Waals surface area contributed by atoms with Crippen molar-refractivity contribution in [2.75, 3.05) is 5.33 Å². The van der Waals surface area contributed by atoms with Gasteiger partial charge in [0, 0.05) is 14.9 Å². The van der Waals surface area contributed by atoms with Gasteiger partial charge in [-0.3, -0.25) is 0 Å². The Balaban J connectivity index is 3.20. The second kappa shape index (κ2) is 6.21. The van der Waals surface area contributed by atoms with Crippen LogP contribution in [0.5, 0.6) is 0 Å². The van der Waals surface area contributed by atoms with Crippen molar-refractivity contribution in [3.05, 3.63) is 33.8 Å². The molecule has 5 heteroatoms. The standard InChI is InChI=1S/C11H11BrClFO2/c1-2-7-5-8(11(15)16-14)6-10(13)9(7)3-4-12/h5-6H,2-4H2,1H3. The van der Waals surface area contributed by atoms with Gasteiger partial charge in [0.2, 0.25) is 0 Å². The maximum absolute atomic E-state index is 11.8. The predicted molar refractivity (Wildman–Crippen MR) is 64.9 cm³/mol. The molecule has 0 saturated heterocycles. The van der Waals surface area contributed by atoms with E-state index in [0.717, 1.165) is 29.3 Å². The van der Waals surface area contributed by atoms with Gasteiger partial charge < -0.3 is 0 Å². The SMILES string of the molecule is CCc1cc(C(=O)OF)cc(Cl)c1CCBr. The molecule has 2 nitrogen and oxygen atoms in total. The van der Waals surface area contributed by atoms with E-state index in [4.69, 9.17) is 11.6 Å². The molecule has 88 valence electrons. The molecule has 0 N–H and O–H groups in total. The third-order valence-electron chi connectivity index (χ3n) is 2.32. The smallest absolute Gasteiger partial charge is 0.249 e. The summed E-state index contributed by atoms with van der Waals surface area (Å²) in [4.78, 5) is 14.2. The lowest BCUT2D eigenvalue weighted by molar-refractivity contribution is -0.0788. The Morgan fingerprint density at radius 3 is 2.75 bits per heavy atom. The highest BCUT2D eigenvalue weighted by atomic mass is 79.9. The third kappa shape index (κ3) is 2.95. The number of hydrogen-bond acceptors (Lipinski definition) is 2. The number of carbonyl (C=O) groups is 1. The molecule has 0 bridgehead atoms. The number of carbonyl (C=O) groups excluding carboxylic acids is 1. The van der Waals surface area contributed by atoms with Crippen LogP contribution in [0.3, 0.4) is 0 Å². The summed E-state index contributed by atoms with van der Waals surface area (Å²) in [6.45, 7) is 1.95. The first-order chi connectivity index (χ1) is 7.63. The summed E-state index contributed by atoms with van der Waals surface area (Å²) in [7, 11) is 0. The summed E-state index contributed by atoms with van der Waals surface area (Å²) in [6.07, 6.45) is 1.50. The van der Waals surface area contributed by atoms with Gasteiger partial charge in [0.05, 0.1) is 5.56 Å². The van der Waals surface area contributed by atoms with Crippen molar-refractivity contribution in [1.82, 2.24) is 0 Å². The van der Waals surface area contributed by atoms with Crippen LogP contribution in [0.15, 0.2) is 12.1 Å². The van der Waals surface area contributed by atoms with Gasteiger partial charge in [0.25, 0.3) is 0 Å². The molecule has 0 aliphatic rings. The molecule has 16 heavy (non-hydrogen) atoms. The highest BCUT2D eigenvalue weighted by Gasteiger charge is 2.14. The van der Waals surface area contributed by atoms with Gasteiger partial charge in [-0.15, -0.1) is 0 Å². The molecule has 0 saturated carbocycles. The van der Waals surface area contributed by atoms with Crippen LogP contribution in [0, 0.1) is 0 Å². The quantitative estimate of drug-likeness (QED) is 0.789. The highest BCUT2D eigenvalue weighted by molar-refractivity contribution is 9.09. The third-order valence-corrected chi connectivity index (χ3v) is 3.05. The van der Waals surface area contributed by atoms with Gasteiger partial charge in [-0.25, -0.2) is 9.74 Å². The summed E-state index contributed by atoms with van der Waals surface area (Å²) in [5, 5.41) is 1.26. The molecular formula is C11H11BrClFO2. The molecule has 1 aromatic rings. The molecule has 0 atom stereocenters.